The molecule has 0 aliphatic carbocycles. The minimum Gasteiger partial charge on any atom is -0.507 e. The van der Waals surface area contributed by atoms with Gasteiger partial charge in [-0.3, -0.25) is 0 Å². The Hall–Kier alpha value is -1.59. The van der Waals surface area contributed by atoms with Crippen LogP contribution in [-0.2, 0) is 4.74 Å². The third-order valence-corrected chi connectivity index (χ3v) is 1.92. The van der Waals surface area contributed by atoms with Crippen molar-refractivity contribution in [3.63, 3.8) is 0 Å². The molecule has 15 heavy (non-hydrogen) atoms. The molecule has 1 rings (SSSR count). The van der Waals surface area contributed by atoms with Crippen LogP contribution < -0.4 is 11.5 Å². The van der Waals surface area contributed by atoms with Gasteiger partial charge < -0.3 is 21.3 Å². The maximum absolute atomic E-state index is 11.5. The number of hydrogen-bond acceptors (Lipinski definition) is 5. The Balaban J connectivity index is 2.73. The lowest BCUT2D eigenvalue weighted by molar-refractivity contribution is 0.0335. The fraction of sp³-hybridized carbons (Fsp3) is 0.300. The van der Waals surface area contributed by atoms with Gasteiger partial charge in [-0.05, 0) is 12.1 Å². The molecule has 0 amide bonds. The maximum Gasteiger partial charge on any atom is 0.342 e. The summed E-state index contributed by atoms with van der Waals surface area (Å²) in [5.74, 6) is -0.732. The third-order valence-electron chi connectivity index (χ3n) is 1.92. The highest BCUT2D eigenvalue weighted by molar-refractivity contribution is 5.92. The Morgan fingerprint density at radius 1 is 1.33 bits per heavy atom. The Bertz CT molecular complexity index is 337. The van der Waals surface area contributed by atoms with Crippen molar-refractivity contribution in [3.8, 4) is 5.75 Å². The van der Waals surface area contributed by atoms with Crippen molar-refractivity contribution in [2.75, 3.05) is 13.1 Å². The Labute approximate surface area is 87.6 Å². The van der Waals surface area contributed by atoms with Gasteiger partial charge in [0.2, 0.25) is 0 Å². The molecule has 1 aromatic rings. The molecule has 5 heteroatoms. The topological polar surface area (TPSA) is 98.6 Å². The van der Waals surface area contributed by atoms with E-state index in [2.05, 4.69) is 0 Å². The van der Waals surface area contributed by atoms with Gasteiger partial charge in [-0.25, -0.2) is 4.79 Å². The largest absolute Gasteiger partial charge is 0.507 e. The highest BCUT2D eigenvalue weighted by Crippen LogP contribution is 2.16. The number of para-hydroxylation sites is 1. The monoisotopic (exact) mass is 210 g/mol. The van der Waals surface area contributed by atoms with Gasteiger partial charge in [-0.1, -0.05) is 12.1 Å². The molecule has 5 N–H and O–H groups in total. The highest BCUT2D eigenvalue weighted by Gasteiger charge is 2.15. The number of phenolic OH excluding ortho intramolecular Hbond substituents is 1. The molecular weight excluding hydrogens is 196 g/mol. The third kappa shape index (κ3) is 2.93. The van der Waals surface area contributed by atoms with Crippen LogP contribution in [0.5, 0.6) is 5.75 Å². The van der Waals surface area contributed by atoms with E-state index in [1.54, 1.807) is 12.1 Å². The van der Waals surface area contributed by atoms with E-state index in [1.165, 1.54) is 12.1 Å². The smallest absolute Gasteiger partial charge is 0.342 e. The average molecular weight is 210 g/mol. The van der Waals surface area contributed by atoms with Gasteiger partial charge in [0.1, 0.15) is 17.4 Å². The normalized spacial score (nSPS) is 10.3. The van der Waals surface area contributed by atoms with Gasteiger partial charge in [-0.15, -0.1) is 0 Å². The molecule has 5 nitrogen and oxygen atoms in total. The Morgan fingerprint density at radius 3 is 2.47 bits per heavy atom. The van der Waals surface area contributed by atoms with Crippen LogP contribution in [0.1, 0.15) is 10.4 Å². The number of rotatable bonds is 4. The van der Waals surface area contributed by atoms with E-state index in [4.69, 9.17) is 16.2 Å². The van der Waals surface area contributed by atoms with Crippen LogP contribution in [0.4, 0.5) is 0 Å². The summed E-state index contributed by atoms with van der Waals surface area (Å²) in [5, 5.41) is 9.38. The molecule has 0 saturated carbocycles. The zero-order valence-corrected chi connectivity index (χ0v) is 8.22. The van der Waals surface area contributed by atoms with Gasteiger partial charge >= 0.3 is 5.97 Å². The number of hydrogen-bond donors (Lipinski definition) is 3. The van der Waals surface area contributed by atoms with E-state index in [1.807, 2.05) is 0 Å². The van der Waals surface area contributed by atoms with E-state index in [0.29, 0.717) is 0 Å². The molecule has 0 fully saturated rings. The minimum absolute atomic E-state index is 0.115. The molecule has 0 spiro atoms. The summed E-state index contributed by atoms with van der Waals surface area (Å²) >= 11 is 0. The van der Waals surface area contributed by atoms with Crippen LogP contribution in [0.25, 0.3) is 0 Å². The summed E-state index contributed by atoms with van der Waals surface area (Å²) in [5.41, 5.74) is 10.8. The van der Waals surface area contributed by atoms with E-state index < -0.39 is 12.1 Å². The van der Waals surface area contributed by atoms with Gasteiger partial charge in [0, 0.05) is 13.1 Å². The quantitative estimate of drug-likeness (QED) is 0.599. The fourth-order valence-electron chi connectivity index (χ4n) is 1.05. The second-order valence-electron chi connectivity index (χ2n) is 3.02. The van der Waals surface area contributed by atoms with Crippen LogP contribution in [-0.4, -0.2) is 30.3 Å². The summed E-state index contributed by atoms with van der Waals surface area (Å²) in [6, 6.07) is 6.14. The number of nitrogens with two attached hydrogens (primary N) is 2. The Morgan fingerprint density at radius 2 is 1.93 bits per heavy atom. The number of aromatic hydroxyl groups is 1. The Kier molecular flexibility index (Phi) is 4.08. The van der Waals surface area contributed by atoms with Crippen molar-refractivity contribution in [2.45, 2.75) is 6.10 Å². The first-order chi connectivity index (χ1) is 7.19. The van der Waals surface area contributed by atoms with Gasteiger partial charge in [0.15, 0.2) is 0 Å². The zero-order chi connectivity index (χ0) is 11.3. The molecule has 0 aromatic heterocycles. The second-order valence-corrected chi connectivity index (χ2v) is 3.02. The first-order valence-corrected chi connectivity index (χ1v) is 4.58. The molecule has 0 aliphatic heterocycles. The summed E-state index contributed by atoms with van der Waals surface area (Å²) in [6.07, 6.45) is -0.517. The average Bonchev–Trinajstić information content (AvgIpc) is 2.26. The summed E-state index contributed by atoms with van der Waals surface area (Å²) in [4.78, 5) is 11.5. The first kappa shape index (κ1) is 11.5. The molecule has 82 valence electrons. The molecule has 0 saturated heterocycles. The molecule has 0 atom stereocenters. The van der Waals surface area contributed by atoms with Crippen LogP contribution in [0.3, 0.4) is 0 Å². The van der Waals surface area contributed by atoms with Crippen molar-refractivity contribution in [1.82, 2.24) is 0 Å². The molecule has 0 heterocycles. The standard InChI is InChI=1S/C10H14N2O3/c11-5-7(6-12)15-10(14)8-3-1-2-4-9(8)13/h1-4,7,13H,5-6,11-12H2. The van der Waals surface area contributed by atoms with Crippen LogP contribution in [0.15, 0.2) is 24.3 Å². The maximum atomic E-state index is 11.5. The van der Waals surface area contributed by atoms with Crippen LogP contribution in [0, 0.1) is 0 Å². The second kappa shape index (κ2) is 5.33. The van der Waals surface area contributed by atoms with Crippen molar-refractivity contribution >= 4 is 5.97 Å². The predicted octanol–water partition coefficient (Wildman–Crippen LogP) is -0.165. The van der Waals surface area contributed by atoms with Gasteiger partial charge in [-0.2, -0.15) is 0 Å². The van der Waals surface area contributed by atoms with E-state index in [-0.39, 0.29) is 24.4 Å². The molecule has 0 unspecified atom stereocenters. The lowest BCUT2D eigenvalue weighted by Gasteiger charge is -2.13. The lowest BCUT2D eigenvalue weighted by atomic mass is 10.2. The van der Waals surface area contributed by atoms with Crippen molar-refractivity contribution < 1.29 is 14.6 Å². The van der Waals surface area contributed by atoms with Crippen LogP contribution in [0.2, 0.25) is 0 Å². The number of carbonyl (C=O) groups excluding carboxylic acids is 1. The lowest BCUT2D eigenvalue weighted by Crippen LogP contribution is -2.33. The molecule has 1 aromatic carbocycles. The number of carbonyl (C=O) groups is 1. The molecule has 0 aliphatic rings. The SMILES string of the molecule is NCC(CN)OC(=O)c1ccccc1O. The fourth-order valence-corrected chi connectivity index (χ4v) is 1.05. The number of benzene rings is 1. The van der Waals surface area contributed by atoms with Gasteiger partial charge in [0.05, 0.1) is 0 Å². The zero-order valence-electron chi connectivity index (χ0n) is 8.22. The summed E-state index contributed by atoms with van der Waals surface area (Å²) in [7, 11) is 0. The highest BCUT2D eigenvalue weighted by atomic mass is 16.5. The minimum atomic E-state index is -0.617. The van der Waals surface area contributed by atoms with E-state index >= 15 is 0 Å². The molecule has 0 radical (unpaired) electrons. The number of phenols is 1. The summed E-state index contributed by atoms with van der Waals surface area (Å²) < 4.78 is 4.97. The van der Waals surface area contributed by atoms with Crippen molar-refractivity contribution in [3.05, 3.63) is 29.8 Å². The van der Waals surface area contributed by atoms with Crippen molar-refractivity contribution in [2.24, 2.45) is 11.5 Å². The predicted molar refractivity (Wildman–Crippen MR) is 55.4 cm³/mol. The van der Waals surface area contributed by atoms with Crippen molar-refractivity contribution in [1.29, 1.82) is 0 Å². The van der Waals surface area contributed by atoms with Gasteiger partial charge in [0.25, 0.3) is 0 Å². The molecular formula is C10H14N2O3. The first-order valence-electron chi connectivity index (χ1n) is 4.58. The van der Waals surface area contributed by atoms with Crippen LogP contribution >= 0.6 is 0 Å². The van der Waals surface area contributed by atoms with E-state index in [9.17, 15) is 9.90 Å². The number of esters is 1. The summed E-state index contributed by atoms with van der Waals surface area (Å²) in [6.45, 7) is 0.325. The number of ether oxygens (including phenoxy) is 1. The van der Waals surface area contributed by atoms with E-state index in [0.717, 1.165) is 0 Å². The molecule has 0 bridgehead atoms.